The van der Waals surface area contributed by atoms with E-state index < -0.39 is 0 Å². The lowest BCUT2D eigenvalue weighted by atomic mass is 10.0. The highest BCUT2D eigenvalue weighted by molar-refractivity contribution is 5.83. The maximum absolute atomic E-state index is 11.4. The van der Waals surface area contributed by atoms with E-state index in [0.717, 1.165) is 11.1 Å². The van der Waals surface area contributed by atoms with Gasteiger partial charge < -0.3 is 0 Å². The van der Waals surface area contributed by atoms with Crippen molar-refractivity contribution in [3.8, 4) is 0 Å². The molecule has 0 aliphatic carbocycles. The van der Waals surface area contributed by atoms with Gasteiger partial charge in [0.25, 0.3) is 0 Å². The average Bonchev–Trinajstić information content (AvgIpc) is 2.03. The van der Waals surface area contributed by atoms with E-state index in [-0.39, 0.29) is 5.78 Å². The second kappa shape index (κ2) is 7.07. The van der Waals surface area contributed by atoms with Gasteiger partial charge in [0, 0.05) is 12.8 Å². The van der Waals surface area contributed by atoms with E-state index in [1.54, 1.807) is 0 Å². The van der Waals surface area contributed by atoms with Crippen LogP contribution in [-0.4, -0.2) is 5.78 Å². The molecule has 0 amide bonds. The van der Waals surface area contributed by atoms with E-state index in [2.05, 4.69) is 13.2 Å². The first-order valence-electron chi connectivity index (χ1n) is 4.72. The minimum Gasteiger partial charge on any atom is -0.299 e. The van der Waals surface area contributed by atoms with Gasteiger partial charge in [0.1, 0.15) is 5.78 Å². The highest BCUT2D eigenvalue weighted by Gasteiger charge is 2.03. The predicted molar refractivity (Wildman–Crippen MR) is 62.1 cm³/mol. The summed E-state index contributed by atoms with van der Waals surface area (Å²) >= 11 is 0. The molecule has 0 heterocycles. The molecule has 14 heavy (non-hydrogen) atoms. The van der Waals surface area contributed by atoms with Gasteiger partial charge in [0.2, 0.25) is 0 Å². The second-order valence-electron chi connectivity index (χ2n) is 3.21. The smallest absolute Gasteiger partial charge is 0.141 e. The van der Waals surface area contributed by atoms with Gasteiger partial charge in [0.15, 0.2) is 0 Å². The molecule has 0 saturated carbocycles. The third kappa shape index (κ3) is 6.18. The van der Waals surface area contributed by atoms with Crippen LogP contribution in [0.5, 0.6) is 0 Å². The molecule has 0 aliphatic heterocycles. The standard InChI is InChI=1S/C13H18O/c1-5-7-11(3)9-13(14)10-12(4)8-6-2/h5-8H,3-4,9-10H2,1-2H3. The Morgan fingerprint density at radius 1 is 1.00 bits per heavy atom. The molecule has 1 nitrogen and oxygen atoms in total. The fraction of sp³-hybridized carbons (Fsp3) is 0.308. The molecule has 76 valence electrons. The Kier molecular flexibility index (Phi) is 6.38. The predicted octanol–water partition coefficient (Wildman–Crippen LogP) is 3.60. The molecular formula is C13H18O. The van der Waals surface area contributed by atoms with Gasteiger partial charge in [-0.3, -0.25) is 4.79 Å². The molecule has 0 atom stereocenters. The van der Waals surface area contributed by atoms with E-state index in [0.29, 0.717) is 12.8 Å². The largest absolute Gasteiger partial charge is 0.299 e. The number of hydrogen-bond donors (Lipinski definition) is 0. The molecule has 0 saturated heterocycles. The number of Topliss-reactive ketones (excluding diaryl/α,β-unsaturated/α-hetero) is 1. The molecule has 0 unspecified atom stereocenters. The Morgan fingerprint density at radius 2 is 1.36 bits per heavy atom. The maximum Gasteiger partial charge on any atom is 0.141 e. The van der Waals surface area contributed by atoms with Crippen LogP contribution in [0, 0.1) is 0 Å². The lowest BCUT2D eigenvalue weighted by molar-refractivity contribution is -0.117. The zero-order valence-corrected chi connectivity index (χ0v) is 9.05. The molecule has 0 radical (unpaired) electrons. The van der Waals surface area contributed by atoms with Crippen molar-refractivity contribution in [2.45, 2.75) is 26.7 Å². The lowest BCUT2D eigenvalue weighted by Gasteiger charge is -2.00. The molecule has 0 aromatic rings. The molecule has 0 fully saturated rings. The van der Waals surface area contributed by atoms with Crippen molar-refractivity contribution in [3.05, 3.63) is 48.6 Å². The van der Waals surface area contributed by atoms with Crippen LogP contribution < -0.4 is 0 Å². The number of allylic oxidation sites excluding steroid dienone is 6. The van der Waals surface area contributed by atoms with Crippen molar-refractivity contribution in [2.24, 2.45) is 0 Å². The van der Waals surface area contributed by atoms with E-state index in [1.165, 1.54) is 0 Å². The molecule has 0 N–H and O–H groups in total. The van der Waals surface area contributed by atoms with Crippen LogP contribution in [-0.2, 0) is 4.79 Å². The summed E-state index contributed by atoms with van der Waals surface area (Å²) in [5.74, 6) is 0.163. The van der Waals surface area contributed by atoms with Crippen LogP contribution in [0.4, 0.5) is 0 Å². The van der Waals surface area contributed by atoms with Gasteiger partial charge in [-0.2, -0.15) is 0 Å². The monoisotopic (exact) mass is 190 g/mol. The number of ketones is 1. The van der Waals surface area contributed by atoms with Crippen LogP contribution in [0.15, 0.2) is 48.6 Å². The van der Waals surface area contributed by atoms with Crippen LogP contribution in [0.1, 0.15) is 26.7 Å². The minimum atomic E-state index is 0.163. The number of hydrogen-bond acceptors (Lipinski definition) is 1. The van der Waals surface area contributed by atoms with E-state index >= 15 is 0 Å². The molecule has 0 aliphatic rings. The normalized spacial score (nSPS) is 11.0. The molecule has 0 spiro atoms. The van der Waals surface area contributed by atoms with Crippen LogP contribution in [0.2, 0.25) is 0 Å². The van der Waals surface area contributed by atoms with Gasteiger partial charge in [0.05, 0.1) is 0 Å². The summed E-state index contributed by atoms with van der Waals surface area (Å²) < 4.78 is 0. The fourth-order valence-corrected chi connectivity index (χ4v) is 1.16. The summed E-state index contributed by atoms with van der Waals surface area (Å²) in [7, 11) is 0. The summed E-state index contributed by atoms with van der Waals surface area (Å²) in [6, 6.07) is 0. The Hall–Kier alpha value is -1.37. The molecule has 0 bridgehead atoms. The summed E-state index contributed by atoms with van der Waals surface area (Å²) in [4.78, 5) is 11.4. The first-order chi connectivity index (χ1) is 6.60. The Labute approximate surface area is 86.5 Å². The van der Waals surface area contributed by atoms with Gasteiger partial charge >= 0.3 is 0 Å². The zero-order valence-electron chi connectivity index (χ0n) is 9.05. The van der Waals surface area contributed by atoms with Crippen molar-refractivity contribution >= 4 is 5.78 Å². The maximum atomic E-state index is 11.4. The molecule has 1 heteroatoms. The molecule has 0 aromatic heterocycles. The summed E-state index contributed by atoms with van der Waals surface area (Å²) in [5, 5.41) is 0. The lowest BCUT2D eigenvalue weighted by Crippen LogP contribution is -1.98. The average molecular weight is 190 g/mol. The van der Waals surface area contributed by atoms with Crippen LogP contribution in [0.25, 0.3) is 0 Å². The topological polar surface area (TPSA) is 17.1 Å². The van der Waals surface area contributed by atoms with Gasteiger partial charge in [-0.15, -0.1) is 0 Å². The third-order valence-electron chi connectivity index (χ3n) is 1.65. The summed E-state index contributed by atoms with van der Waals surface area (Å²) in [5.41, 5.74) is 1.71. The SMILES string of the molecule is C=C(C=CC)CC(=O)CC(=C)C=CC. The molecule has 0 rings (SSSR count). The fourth-order valence-electron chi connectivity index (χ4n) is 1.16. The van der Waals surface area contributed by atoms with Crippen LogP contribution in [0.3, 0.4) is 0 Å². The Balaban J connectivity index is 3.99. The highest BCUT2D eigenvalue weighted by atomic mass is 16.1. The van der Waals surface area contributed by atoms with Crippen molar-refractivity contribution < 1.29 is 4.79 Å². The van der Waals surface area contributed by atoms with Crippen molar-refractivity contribution in [3.63, 3.8) is 0 Å². The highest BCUT2D eigenvalue weighted by Crippen LogP contribution is 2.08. The Morgan fingerprint density at radius 3 is 1.64 bits per heavy atom. The number of carbonyl (C=O) groups is 1. The Bertz CT molecular complexity index is 252. The van der Waals surface area contributed by atoms with Crippen molar-refractivity contribution in [2.75, 3.05) is 0 Å². The van der Waals surface area contributed by atoms with Gasteiger partial charge in [-0.1, -0.05) is 37.5 Å². The summed E-state index contributed by atoms with van der Waals surface area (Å²) in [6.45, 7) is 11.4. The molecule has 0 aromatic carbocycles. The van der Waals surface area contributed by atoms with Crippen molar-refractivity contribution in [1.29, 1.82) is 0 Å². The first kappa shape index (κ1) is 12.6. The van der Waals surface area contributed by atoms with E-state index in [9.17, 15) is 4.79 Å². The zero-order chi connectivity index (χ0) is 11.0. The van der Waals surface area contributed by atoms with Crippen LogP contribution >= 0.6 is 0 Å². The quantitative estimate of drug-likeness (QED) is 0.585. The summed E-state index contributed by atoms with van der Waals surface area (Å²) in [6.07, 6.45) is 8.32. The number of rotatable bonds is 6. The molecular weight excluding hydrogens is 172 g/mol. The second-order valence-corrected chi connectivity index (χ2v) is 3.21. The van der Waals surface area contributed by atoms with E-state index in [1.807, 2.05) is 38.2 Å². The van der Waals surface area contributed by atoms with Crippen molar-refractivity contribution in [1.82, 2.24) is 0 Å². The number of carbonyl (C=O) groups excluding carboxylic acids is 1. The first-order valence-corrected chi connectivity index (χ1v) is 4.72. The van der Waals surface area contributed by atoms with E-state index in [4.69, 9.17) is 0 Å². The van der Waals surface area contributed by atoms with Gasteiger partial charge in [-0.25, -0.2) is 0 Å². The van der Waals surface area contributed by atoms with Gasteiger partial charge in [-0.05, 0) is 25.0 Å². The third-order valence-corrected chi connectivity index (χ3v) is 1.65. The minimum absolute atomic E-state index is 0.163.